The molecular weight excluding hydrogens is 995 g/mol. The van der Waals surface area contributed by atoms with E-state index in [0.29, 0.717) is 33.5 Å². The molecular formula is C60H46F10N2Si2. The van der Waals surface area contributed by atoms with Gasteiger partial charge < -0.3 is 9.80 Å². The predicted octanol–water partition coefficient (Wildman–Crippen LogP) is 18.5. The normalized spacial score (nSPS) is 12.6. The maximum absolute atomic E-state index is 17.0. The van der Waals surface area contributed by atoms with Crippen molar-refractivity contribution in [1.29, 1.82) is 0 Å². The molecule has 0 aliphatic carbocycles. The Morgan fingerprint density at radius 1 is 0.338 bits per heavy atom. The van der Waals surface area contributed by atoms with Crippen molar-refractivity contribution >= 4 is 93.0 Å². The van der Waals surface area contributed by atoms with E-state index in [-0.39, 0.29) is 33.6 Å². The largest absolute Gasteiger partial charge is 0.416 e. The van der Waals surface area contributed by atoms with Crippen molar-refractivity contribution < 1.29 is 43.9 Å². The topological polar surface area (TPSA) is 6.48 Å². The molecule has 74 heavy (non-hydrogen) atoms. The van der Waals surface area contributed by atoms with E-state index in [2.05, 4.69) is 39.3 Å². The molecule has 0 fully saturated rings. The zero-order valence-electron chi connectivity index (χ0n) is 40.8. The van der Waals surface area contributed by atoms with Gasteiger partial charge in [0, 0.05) is 45.4 Å². The number of anilines is 6. The Hall–Kier alpha value is -7.43. The minimum atomic E-state index is -4.62. The van der Waals surface area contributed by atoms with Gasteiger partial charge in [-0.3, -0.25) is 0 Å². The number of benzene rings is 10. The standard InChI is InChI=1S/C60H46F10N2Si2/c1-73(2,3)43-23-19-41(20-24-43)71(55-33-49(61)47(31-51(55)63)35-7-15-39(16-8-35)59(65,66)67)53-29-13-37-12-28-46-54(30-14-38-11-27-45(53)57(37)58(38)46)72(42-21-25-44(26-22-42)74(4,5)6)56-34-50(62)48(32-52(56)64)36-9-17-40(18-10-36)60(68,69)70/h7-34H,1-6H3. The summed E-state index contributed by atoms with van der Waals surface area (Å²) >= 11 is 0. The average molecular weight is 1040 g/mol. The summed E-state index contributed by atoms with van der Waals surface area (Å²) in [6.07, 6.45) is -9.24. The smallest absolute Gasteiger partial charge is 0.307 e. The molecule has 0 aliphatic rings. The number of halogens is 10. The van der Waals surface area contributed by atoms with Crippen LogP contribution in [0.15, 0.2) is 170 Å². The minimum Gasteiger partial charge on any atom is -0.307 e. The Bertz CT molecular complexity index is 3500. The second-order valence-corrected chi connectivity index (χ2v) is 30.7. The molecule has 0 amide bonds. The van der Waals surface area contributed by atoms with Crippen molar-refractivity contribution in [3.8, 4) is 22.3 Å². The van der Waals surface area contributed by atoms with E-state index >= 15 is 17.6 Å². The van der Waals surface area contributed by atoms with E-state index in [1.54, 1.807) is 9.80 Å². The fourth-order valence-corrected chi connectivity index (χ4v) is 12.1. The Kier molecular flexibility index (Phi) is 12.3. The first-order valence-electron chi connectivity index (χ1n) is 23.7. The van der Waals surface area contributed by atoms with Crippen LogP contribution < -0.4 is 20.2 Å². The van der Waals surface area contributed by atoms with Gasteiger partial charge in [0.25, 0.3) is 0 Å². The molecule has 0 aliphatic heterocycles. The van der Waals surface area contributed by atoms with Crippen molar-refractivity contribution in [2.45, 2.75) is 51.6 Å². The summed E-state index contributed by atoms with van der Waals surface area (Å²) in [4.78, 5) is 3.25. The maximum atomic E-state index is 17.0. The zero-order valence-corrected chi connectivity index (χ0v) is 42.8. The van der Waals surface area contributed by atoms with E-state index in [1.165, 1.54) is 0 Å². The van der Waals surface area contributed by atoms with Crippen LogP contribution in [-0.2, 0) is 12.4 Å². The van der Waals surface area contributed by atoms with E-state index < -0.39 is 62.9 Å². The lowest BCUT2D eigenvalue weighted by atomic mass is 9.91. The van der Waals surface area contributed by atoms with Crippen LogP contribution in [0.2, 0.25) is 39.3 Å². The van der Waals surface area contributed by atoms with Gasteiger partial charge in [0.05, 0.1) is 50.0 Å². The van der Waals surface area contributed by atoms with Crippen LogP contribution in [0.1, 0.15) is 11.1 Å². The molecule has 0 bridgehead atoms. The highest BCUT2D eigenvalue weighted by atomic mass is 28.3. The van der Waals surface area contributed by atoms with Gasteiger partial charge in [0.2, 0.25) is 0 Å². The molecule has 0 heterocycles. The van der Waals surface area contributed by atoms with Gasteiger partial charge in [-0.05, 0) is 105 Å². The van der Waals surface area contributed by atoms with Crippen molar-refractivity contribution in [3.63, 3.8) is 0 Å². The lowest BCUT2D eigenvalue weighted by molar-refractivity contribution is -0.138. The highest BCUT2D eigenvalue weighted by molar-refractivity contribution is 6.89. The Morgan fingerprint density at radius 3 is 0.973 bits per heavy atom. The SMILES string of the molecule is C[Si](C)(C)c1ccc(N(c2cc(F)c(-c3ccc(C(F)(F)F)cc3)cc2F)c2ccc3ccc4c(N(c5ccc([Si](C)(C)C)cc5)c5cc(F)c(-c6ccc(C(F)(F)F)cc6)cc5F)ccc5ccc2c3c54)cc1. The number of alkyl halides is 6. The molecule has 0 saturated carbocycles. The van der Waals surface area contributed by atoms with E-state index in [1.807, 2.05) is 97.1 Å². The predicted molar refractivity (Wildman–Crippen MR) is 286 cm³/mol. The molecule has 0 aromatic heterocycles. The quantitative estimate of drug-likeness (QED) is 0.0765. The molecule has 10 aromatic rings. The highest BCUT2D eigenvalue weighted by Crippen LogP contribution is 2.49. The first-order valence-corrected chi connectivity index (χ1v) is 30.7. The number of hydrogen-bond acceptors (Lipinski definition) is 2. The molecule has 0 unspecified atom stereocenters. The van der Waals surface area contributed by atoms with Crippen molar-refractivity contribution in [1.82, 2.24) is 0 Å². The van der Waals surface area contributed by atoms with Crippen LogP contribution in [-0.4, -0.2) is 16.1 Å². The lowest BCUT2D eigenvalue weighted by Gasteiger charge is -2.30. The molecule has 0 radical (unpaired) electrons. The van der Waals surface area contributed by atoms with Gasteiger partial charge >= 0.3 is 12.4 Å². The summed E-state index contributed by atoms with van der Waals surface area (Å²) in [6.45, 7) is 13.1. The summed E-state index contributed by atoms with van der Waals surface area (Å²) in [6, 6.07) is 42.1. The maximum Gasteiger partial charge on any atom is 0.416 e. The second kappa shape index (κ2) is 18.2. The van der Waals surface area contributed by atoms with E-state index in [9.17, 15) is 26.3 Å². The van der Waals surface area contributed by atoms with Crippen molar-refractivity contribution in [3.05, 3.63) is 204 Å². The van der Waals surface area contributed by atoms with Gasteiger partial charge in [-0.1, -0.05) is 135 Å². The Labute approximate surface area is 423 Å². The monoisotopic (exact) mass is 1040 g/mol. The molecule has 0 N–H and O–H groups in total. The first kappa shape index (κ1) is 50.1. The lowest BCUT2D eigenvalue weighted by Crippen LogP contribution is -2.37. The molecule has 2 nitrogen and oxygen atoms in total. The average Bonchev–Trinajstić information content (AvgIpc) is 3.36. The third-order valence-electron chi connectivity index (χ3n) is 13.7. The van der Waals surface area contributed by atoms with Gasteiger partial charge in [-0.15, -0.1) is 0 Å². The minimum absolute atomic E-state index is 0.0595. The fraction of sp³-hybridized carbons (Fsp3) is 0.133. The first-order chi connectivity index (χ1) is 34.9. The number of hydrogen-bond donors (Lipinski definition) is 0. The van der Waals surface area contributed by atoms with Crippen LogP contribution in [0.4, 0.5) is 78.0 Å². The third-order valence-corrected chi connectivity index (χ3v) is 17.8. The van der Waals surface area contributed by atoms with Crippen molar-refractivity contribution in [2.24, 2.45) is 0 Å². The molecule has 0 atom stereocenters. The van der Waals surface area contributed by atoms with Crippen LogP contribution in [0.5, 0.6) is 0 Å². The zero-order chi connectivity index (χ0) is 52.8. The molecule has 14 heteroatoms. The highest BCUT2D eigenvalue weighted by Gasteiger charge is 2.32. The van der Waals surface area contributed by atoms with E-state index in [0.717, 1.165) is 105 Å². The summed E-state index contributed by atoms with van der Waals surface area (Å²) in [5.41, 5.74) is -0.509. The van der Waals surface area contributed by atoms with E-state index in [4.69, 9.17) is 0 Å². The van der Waals surface area contributed by atoms with Crippen LogP contribution in [0, 0.1) is 23.3 Å². The fourth-order valence-electron chi connectivity index (χ4n) is 9.73. The summed E-state index contributed by atoms with van der Waals surface area (Å²) < 4.78 is 148. The van der Waals surface area contributed by atoms with Crippen LogP contribution in [0.25, 0.3) is 54.6 Å². The van der Waals surface area contributed by atoms with Crippen LogP contribution >= 0.6 is 0 Å². The molecule has 0 spiro atoms. The second-order valence-electron chi connectivity index (χ2n) is 20.6. The summed E-state index contributed by atoms with van der Waals surface area (Å²) in [5.74, 6) is -3.39. The number of rotatable bonds is 10. The van der Waals surface area contributed by atoms with Crippen molar-refractivity contribution in [2.75, 3.05) is 9.80 Å². The number of nitrogens with zero attached hydrogens (tertiary/aromatic N) is 2. The van der Waals surface area contributed by atoms with Gasteiger partial charge in [-0.25, -0.2) is 17.6 Å². The Balaban J connectivity index is 1.17. The van der Waals surface area contributed by atoms with Gasteiger partial charge in [-0.2, -0.15) is 26.3 Å². The molecule has 10 aromatic carbocycles. The summed E-state index contributed by atoms with van der Waals surface area (Å²) in [5, 5.41) is 6.60. The van der Waals surface area contributed by atoms with Crippen LogP contribution in [0.3, 0.4) is 0 Å². The van der Waals surface area contributed by atoms with Gasteiger partial charge in [0.1, 0.15) is 23.3 Å². The molecule has 374 valence electrons. The molecule has 10 rings (SSSR count). The Morgan fingerprint density at radius 2 is 0.662 bits per heavy atom. The van der Waals surface area contributed by atoms with Gasteiger partial charge in [0.15, 0.2) is 0 Å². The third kappa shape index (κ3) is 9.18. The summed E-state index contributed by atoms with van der Waals surface area (Å²) in [7, 11) is -3.66. The molecule has 0 saturated heterocycles.